The number of hydrogen-bond donors (Lipinski definition) is 2. The number of carbonyl (C=O) groups excluding carboxylic acids is 1. The van der Waals surface area contributed by atoms with E-state index in [4.69, 9.17) is 4.52 Å². The number of amides is 1. The van der Waals surface area contributed by atoms with Crippen LogP contribution in [0.2, 0.25) is 0 Å². The number of H-pyrrole nitrogens is 1. The Labute approximate surface area is 156 Å². The van der Waals surface area contributed by atoms with Crippen LogP contribution in [-0.4, -0.2) is 42.0 Å². The van der Waals surface area contributed by atoms with E-state index in [0.29, 0.717) is 12.2 Å². The molecule has 3 rings (SSSR count). The van der Waals surface area contributed by atoms with Crippen LogP contribution in [-0.2, 0) is 16.3 Å². The van der Waals surface area contributed by atoms with Gasteiger partial charge in [0.25, 0.3) is 5.91 Å². The molecule has 0 bridgehead atoms. The molecule has 2 N–H and O–H groups in total. The maximum Gasteiger partial charge on any atom is 0.273 e. The first-order valence-electron chi connectivity index (χ1n) is 8.57. The van der Waals surface area contributed by atoms with Crippen molar-refractivity contribution in [3.8, 4) is 11.3 Å². The fourth-order valence-corrected chi connectivity index (χ4v) is 3.70. The van der Waals surface area contributed by atoms with Crippen molar-refractivity contribution in [2.24, 2.45) is 0 Å². The molecule has 3 aromatic rings. The molecule has 8 nitrogen and oxygen atoms in total. The molecule has 142 valence electrons. The summed E-state index contributed by atoms with van der Waals surface area (Å²) in [6.45, 7) is 2.11. The first kappa shape index (κ1) is 18.8. The van der Waals surface area contributed by atoms with Gasteiger partial charge in [0.1, 0.15) is 0 Å². The van der Waals surface area contributed by atoms with Crippen LogP contribution in [0.1, 0.15) is 29.5 Å². The third-order valence-electron chi connectivity index (χ3n) is 3.98. The third-order valence-corrected chi connectivity index (χ3v) is 5.66. The van der Waals surface area contributed by atoms with Crippen LogP contribution in [0.4, 0.5) is 0 Å². The molecule has 0 radical (unpaired) electrons. The fourth-order valence-electron chi connectivity index (χ4n) is 2.46. The molecule has 0 fully saturated rings. The van der Waals surface area contributed by atoms with Crippen molar-refractivity contribution in [1.29, 1.82) is 0 Å². The molecule has 0 saturated heterocycles. The standard InChI is InChI=1S/C18H20N4O4S/c1-2-14-11-17(21-20-14)27(24,25)10-6-9-19-18(23)15-12-16(26-22-15)13-7-4-3-5-8-13/h3-5,7-8,11-12H,2,6,9-10H2,1H3,(H,19,23)(H,20,21). The molecular formula is C18H20N4O4S. The molecule has 2 aromatic heterocycles. The monoisotopic (exact) mass is 388 g/mol. The molecule has 1 amide bonds. The van der Waals surface area contributed by atoms with Crippen LogP contribution in [0, 0.1) is 0 Å². The highest BCUT2D eigenvalue weighted by Crippen LogP contribution is 2.19. The van der Waals surface area contributed by atoms with Crippen molar-refractivity contribution in [3.05, 3.63) is 53.9 Å². The van der Waals surface area contributed by atoms with Crippen LogP contribution in [0.5, 0.6) is 0 Å². The van der Waals surface area contributed by atoms with E-state index in [0.717, 1.165) is 11.3 Å². The molecule has 1 aromatic carbocycles. The smallest absolute Gasteiger partial charge is 0.273 e. The second-order valence-electron chi connectivity index (χ2n) is 5.96. The van der Waals surface area contributed by atoms with E-state index in [1.54, 1.807) is 6.07 Å². The highest BCUT2D eigenvalue weighted by molar-refractivity contribution is 7.91. The minimum absolute atomic E-state index is 0.0367. The quantitative estimate of drug-likeness (QED) is 0.571. The Hall–Kier alpha value is -2.94. The van der Waals surface area contributed by atoms with Gasteiger partial charge in [0.15, 0.2) is 26.3 Å². The molecule has 9 heteroatoms. The summed E-state index contributed by atoms with van der Waals surface area (Å²) in [5.41, 5.74) is 1.74. The fraction of sp³-hybridized carbons (Fsp3) is 0.278. The number of hydrogen-bond acceptors (Lipinski definition) is 6. The summed E-state index contributed by atoms with van der Waals surface area (Å²) in [4.78, 5) is 12.1. The van der Waals surface area contributed by atoms with Gasteiger partial charge in [0, 0.05) is 23.9 Å². The van der Waals surface area contributed by atoms with E-state index >= 15 is 0 Å². The summed E-state index contributed by atoms with van der Waals surface area (Å²) in [5, 5.41) is 13.0. The van der Waals surface area contributed by atoms with Crippen molar-refractivity contribution >= 4 is 15.7 Å². The van der Waals surface area contributed by atoms with E-state index < -0.39 is 15.7 Å². The van der Waals surface area contributed by atoms with Crippen LogP contribution < -0.4 is 5.32 Å². The highest BCUT2D eigenvalue weighted by atomic mass is 32.2. The molecule has 27 heavy (non-hydrogen) atoms. The van der Waals surface area contributed by atoms with Gasteiger partial charge in [-0.1, -0.05) is 42.4 Å². The SMILES string of the molecule is CCc1cc(S(=O)(=O)CCCNC(=O)c2cc(-c3ccccc3)on2)n[nH]1. The lowest BCUT2D eigenvalue weighted by Gasteiger charge is -2.03. The van der Waals surface area contributed by atoms with Gasteiger partial charge in [-0.25, -0.2) is 8.42 Å². The Morgan fingerprint density at radius 2 is 2.00 bits per heavy atom. The van der Waals surface area contributed by atoms with Crippen molar-refractivity contribution in [1.82, 2.24) is 20.7 Å². The molecule has 0 aliphatic rings. The predicted molar refractivity (Wildman–Crippen MR) is 98.9 cm³/mol. The zero-order chi connectivity index (χ0) is 19.3. The number of aromatic amines is 1. The molecule has 0 aliphatic heterocycles. The molecule has 0 aliphatic carbocycles. The lowest BCUT2D eigenvalue weighted by molar-refractivity contribution is 0.0944. The van der Waals surface area contributed by atoms with E-state index in [2.05, 4.69) is 20.7 Å². The van der Waals surface area contributed by atoms with Gasteiger partial charge >= 0.3 is 0 Å². The van der Waals surface area contributed by atoms with Gasteiger partial charge < -0.3 is 9.84 Å². The molecule has 0 unspecified atom stereocenters. The third kappa shape index (κ3) is 4.62. The van der Waals surface area contributed by atoms with Crippen LogP contribution in [0.3, 0.4) is 0 Å². The summed E-state index contributed by atoms with van der Waals surface area (Å²) < 4.78 is 29.6. The van der Waals surface area contributed by atoms with Crippen molar-refractivity contribution in [2.75, 3.05) is 12.3 Å². The topological polar surface area (TPSA) is 118 Å². The average molecular weight is 388 g/mol. The lowest BCUT2D eigenvalue weighted by atomic mass is 10.1. The zero-order valence-electron chi connectivity index (χ0n) is 14.8. The van der Waals surface area contributed by atoms with Crippen LogP contribution in [0.25, 0.3) is 11.3 Å². The Balaban J connectivity index is 1.50. The highest BCUT2D eigenvalue weighted by Gasteiger charge is 2.18. The number of carbonyl (C=O) groups is 1. The van der Waals surface area contributed by atoms with E-state index in [9.17, 15) is 13.2 Å². The number of benzene rings is 1. The first-order chi connectivity index (χ1) is 13.0. The Morgan fingerprint density at radius 3 is 2.70 bits per heavy atom. The van der Waals surface area contributed by atoms with Gasteiger partial charge in [-0.15, -0.1) is 0 Å². The number of sulfone groups is 1. The maximum atomic E-state index is 12.2. The summed E-state index contributed by atoms with van der Waals surface area (Å²) in [7, 11) is -3.47. The lowest BCUT2D eigenvalue weighted by Crippen LogP contribution is -2.26. The summed E-state index contributed by atoms with van der Waals surface area (Å²) in [5.74, 6) is -0.0185. The largest absolute Gasteiger partial charge is 0.355 e. The second-order valence-corrected chi connectivity index (χ2v) is 8.01. The Bertz CT molecular complexity index is 1010. The van der Waals surface area contributed by atoms with Gasteiger partial charge in [0.2, 0.25) is 0 Å². The zero-order valence-corrected chi connectivity index (χ0v) is 15.6. The number of aryl methyl sites for hydroxylation is 1. The number of nitrogens with zero attached hydrogens (tertiary/aromatic N) is 2. The van der Waals surface area contributed by atoms with Gasteiger partial charge in [-0.05, 0) is 18.9 Å². The normalized spacial score (nSPS) is 11.4. The van der Waals surface area contributed by atoms with Gasteiger partial charge in [-0.3, -0.25) is 9.89 Å². The Morgan fingerprint density at radius 1 is 1.22 bits per heavy atom. The van der Waals surface area contributed by atoms with E-state index in [-0.39, 0.29) is 29.4 Å². The molecule has 2 heterocycles. The Kier molecular flexibility index (Phi) is 5.70. The number of aromatic nitrogens is 3. The van der Waals surface area contributed by atoms with E-state index in [1.807, 2.05) is 37.3 Å². The first-order valence-corrected chi connectivity index (χ1v) is 10.2. The molecular weight excluding hydrogens is 368 g/mol. The maximum absolute atomic E-state index is 12.2. The number of nitrogens with one attached hydrogen (secondary N) is 2. The van der Waals surface area contributed by atoms with Gasteiger partial charge in [-0.2, -0.15) is 5.10 Å². The van der Waals surface area contributed by atoms with Crippen LogP contribution in [0.15, 0.2) is 52.0 Å². The summed E-state index contributed by atoms with van der Waals surface area (Å²) in [6, 6.07) is 12.4. The number of rotatable bonds is 8. The van der Waals surface area contributed by atoms with Crippen molar-refractivity contribution in [2.45, 2.75) is 24.8 Å². The predicted octanol–water partition coefficient (Wildman–Crippen LogP) is 2.22. The second kappa shape index (κ2) is 8.17. The van der Waals surface area contributed by atoms with Crippen molar-refractivity contribution < 1.29 is 17.7 Å². The van der Waals surface area contributed by atoms with Crippen molar-refractivity contribution in [3.63, 3.8) is 0 Å². The minimum atomic E-state index is -3.47. The summed E-state index contributed by atoms with van der Waals surface area (Å²) in [6.07, 6.45) is 0.951. The van der Waals surface area contributed by atoms with Crippen LogP contribution >= 0.6 is 0 Å². The molecule has 0 spiro atoms. The minimum Gasteiger partial charge on any atom is -0.355 e. The van der Waals surface area contributed by atoms with Gasteiger partial charge in [0.05, 0.1) is 5.75 Å². The summed E-state index contributed by atoms with van der Waals surface area (Å²) >= 11 is 0. The average Bonchev–Trinajstić information content (AvgIpc) is 3.35. The molecule has 0 atom stereocenters. The van der Waals surface area contributed by atoms with E-state index in [1.165, 1.54) is 6.07 Å². The molecule has 0 saturated carbocycles.